The molecule has 1 saturated heterocycles. The smallest absolute Gasteiger partial charge is 0.407 e. The van der Waals surface area contributed by atoms with Crippen LogP contribution < -0.4 is 10.1 Å². The number of amides is 2. The SMILES string of the molecule is N#Cc1ccc(Oc2cccc(NC(=O)[C@H]3CN(C(=O)O)C[C@@H]3c3ccccc3)c2)cc1. The van der Waals surface area contributed by atoms with Crippen LogP contribution in [-0.4, -0.2) is 35.1 Å². The summed E-state index contributed by atoms with van der Waals surface area (Å²) in [5, 5.41) is 21.2. The number of anilines is 1. The van der Waals surface area contributed by atoms with E-state index in [0.717, 1.165) is 5.56 Å². The number of rotatable bonds is 5. The largest absolute Gasteiger partial charge is 0.465 e. The fraction of sp³-hybridized carbons (Fsp3) is 0.160. The molecule has 1 heterocycles. The van der Waals surface area contributed by atoms with E-state index in [1.807, 2.05) is 30.3 Å². The first-order valence-electron chi connectivity index (χ1n) is 10.2. The Morgan fingerprint density at radius 2 is 1.72 bits per heavy atom. The van der Waals surface area contributed by atoms with Crippen LogP contribution >= 0.6 is 0 Å². The summed E-state index contributed by atoms with van der Waals surface area (Å²) in [6.45, 7) is 0.418. The van der Waals surface area contributed by atoms with Gasteiger partial charge in [-0.1, -0.05) is 36.4 Å². The van der Waals surface area contributed by atoms with Gasteiger partial charge in [0, 0.05) is 30.8 Å². The van der Waals surface area contributed by atoms with E-state index >= 15 is 0 Å². The fourth-order valence-corrected chi connectivity index (χ4v) is 3.87. The highest BCUT2D eigenvalue weighted by molar-refractivity contribution is 5.94. The molecular formula is C25H21N3O4. The van der Waals surface area contributed by atoms with Gasteiger partial charge in [-0.25, -0.2) is 4.79 Å². The summed E-state index contributed by atoms with van der Waals surface area (Å²) in [5.41, 5.74) is 2.04. The maximum Gasteiger partial charge on any atom is 0.407 e. The van der Waals surface area contributed by atoms with Crippen LogP contribution in [0.25, 0.3) is 0 Å². The number of carbonyl (C=O) groups is 2. The van der Waals surface area contributed by atoms with Gasteiger partial charge in [0.2, 0.25) is 5.91 Å². The third-order valence-corrected chi connectivity index (χ3v) is 5.48. The maximum atomic E-state index is 13.1. The first-order chi connectivity index (χ1) is 15.5. The molecule has 0 saturated carbocycles. The molecular weight excluding hydrogens is 406 g/mol. The van der Waals surface area contributed by atoms with E-state index in [2.05, 4.69) is 11.4 Å². The molecule has 0 aliphatic carbocycles. The average Bonchev–Trinajstić information content (AvgIpc) is 3.27. The number of benzene rings is 3. The molecule has 0 spiro atoms. The minimum Gasteiger partial charge on any atom is -0.465 e. The Bertz CT molecular complexity index is 1160. The van der Waals surface area contributed by atoms with Crippen molar-refractivity contribution < 1.29 is 19.4 Å². The number of nitrogens with one attached hydrogen (secondary N) is 1. The minimum atomic E-state index is -1.03. The van der Waals surface area contributed by atoms with E-state index in [9.17, 15) is 14.7 Å². The molecule has 3 aromatic rings. The molecule has 2 amide bonds. The van der Waals surface area contributed by atoms with E-state index < -0.39 is 12.0 Å². The van der Waals surface area contributed by atoms with Gasteiger partial charge in [0.05, 0.1) is 17.6 Å². The lowest BCUT2D eigenvalue weighted by Gasteiger charge is -2.18. The molecule has 7 heteroatoms. The van der Waals surface area contributed by atoms with Gasteiger partial charge >= 0.3 is 6.09 Å². The Hall–Kier alpha value is -4.31. The van der Waals surface area contributed by atoms with Crippen molar-refractivity contribution in [2.45, 2.75) is 5.92 Å². The number of likely N-dealkylation sites (tertiary alicyclic amines) is 1. The Morgan fingerprint density at radius 3 is 2.41 bits per heavy atom. The van der Waals surface area contributed by atoms with Gasteiger partial charge in [-0.2, -0.15) is 5.26 Å². The number of carbonyl (C=O) groups excluding carboxylic acids is 1. The summed E-state index contributed by atoms with van der Waals surface area (Å²) in [6.07, 6.45) is -1.03. The lowest BCUT2D eigenvalue weighted by atomic mass is 9.88. The first-order valence-corrected chi connectivity index (χ1v) is 10.2. The zero-order chi connectivity index (χ0) is 22.5. The third kappa shape index (κ3) is 4.71. The van der Waals surface area contributed by atoms with Crippen molar-refractivity contribution >= 4 is 17.7 Å². The lowest BCUT2D eigenvalue weighted by Crippen LogP contribution is -2.30. The van der Waals surface area contributed by atoms with Gasteiger partial charge in [0.1, 0.15) is 11.5 Å². The number of nitrogens with zero attached hydrogens (tertiary/aromatic N) is 2. The number of ether oxygens (including phenoxy) is 1. The van der Waals surface area contributed by atoms with E-state index in [1.54, 1.807) is 48.5 Å². The highest BCUT2D eigenvalue weighted by atomic mass is 16.5. The van der Waals surface area contributed by atoms with Crippen LogP contribution in [0.1, 0.15) is 17.0 Å². The lowest BCUT2D eigenvalue weighted by molar-refractivity contribution is -0.119. The number of nitriles is 1. The Balaban J connectivity index is 1.49. The van der Waals surface area contributed by atoms with Gasteiger partial charge in [-0.05, 0) is 42.0 Å². The van der Waals surface area contributed by atoms with Gasteiger partial charge < -0.3 is 20.1 Å². The molecule has 1 aliphatic heterocycles. The molecule has 160 valence electrons. The zero-order valence-corrected chi connectivity index (χ0v) is 17.1. The van der Waals surface area contributed by atoms with Crippen LogP contribution in [0.4, 0.5) is 10.5 Å². The molecule has 0 bridgehead atoms. The van der Waals surface area contributed by atoms with Crippen molar-refractivity contribution in [3.63, 3.8) is 0 Å². The Morgan fingerprint density at radius 1 is 0.969 bits per heavy atom. The molecule has 3 aromatic carbocycles. The molecule has 7 nitrogen and oxygen atoms in total. The van der Waals surface area contributed by atoms with E-state index in [1.165, 1.54) is 4.90 Å². The second kappa shape index (κ2) is 9.23. The normalized spacial score (nSPS) is 17.4. The van der Waals surface area contributed by atoms with Crippen molar-refractivity contribution in [2.75, 3.05) is 18.4 Å². The summed E-state index contributed by atoms with van der Waals surface area (Å²) in [4.78, 5) is 25.9. The van der Waals surface area contributed by atoms with E-state index in [-0.39, 0.29) is 24.9 Å². The summed E-state index contributed by atoms with van der Waals surface area (Å²) in [5.74, 6) is 0.148. The van der Waals surface area contributed by atoms with Gasteiger partial charge in [-0.3, -0.25) is 4.79 Å². The molecule has 1 fully saturated rings. The molecule has 0 unspecified atom stereocenters. The zero-order valence-electron chi connectivity index (χ0n) is 17.1. The molecule has 0 radical (unpaired) electrons. The van der Waals surface area contributed by atoms with Gasteiger partial charge in [0.15, 0.2) is 0 Å². The van der Waals surface area contributed by atoms with Crippen molar-refractivity contribution in [1.82, 2.24) is 4.90 Å². The Labute approximate surface area is 185 Å². The van der Waals surface area contributed by atoms with E-state index in [0.29, 0.717) is 22.7 Å². The molecule has 0 aromatic heterocycles. The summed E-state index contributed by atoms with van der Waals surface area (Å²) < 4.78 is 5.82. The number of hydrogen-bond donors (Lipinski definition) is 2. The third-order valence-electron chi connectivity index (χ3n) is 5.48. The first kappa shape index (κ1) is 20.9. The summed E-state index contributed by atoms with van der Waals surface area (Å²) >= 11 is 0. The molecule has 2 N–H and O–H groups in total. The minimum absolute atomic E-state index is 0.141. The molecule has 1 aliphatic rings. The summed E-state index contributed by atoms with van der Waals surface area (Å²) in [7, 11) is 0. The van der Waals surface area contributed by atoms with Crippen molar-refractivity contribution in [3.05, 3.63) is 90.0 Å². The number of hydrogen-bond acceptors (Lipinski definition) is 4. The van der Waals surface area contributed by atoms with Crippen LogP contribution in [0.2, 0.25) is 0 Å². The van der Waals surface area contributed by atoms with Crippen LogP contribution in [0, 0.1) is 17.2 Å². The van der Waals surface area contributed by atoms with E-state index in [4.69, 9.17) is 10.00 Å². The highest BCUT2D eigenvalue weighted by Gasteiger charge is 2.40. The fourth-order valence-electron chi connectivity index (χ4n) is 3.87. The van der Waals surface area contributed by atoms with Gasteiger partial charge in [-0.15, -0.1) is 0 Å². The predicted molar refractivity (Wildman–Crippen MR) is 119 cm³/mol. The maximum absolute atomic E-state index is 13.1. The van der Waals surface area contributed by atoms with Crippen molar-refractivity contribution in [1.29, 1.82) is 5.26 Å². The van der Waals surface area contributed by atoms with Crippen LogP contribution in [-0.2, 0) is 4.79 Å². The van der Waals surface area contributed by atoms with Crippen molar-refractivity contribution in [3.8, 4) is 17.6 Å². The molecule has 2 atom stereocenters. The van der Waals surface area contributed by atoms with Crippen LogP contribution in [0.3, 0.4) is 0 Å². The second-order valence-electron chi connectivity index (χ2n) is 7.57. The molecule has 4 rings (SSSR count). The van der Waals surface area contributed by atoms with Crippen molar-refractivity contribution in [2.24, 2.45) is 5.92 Å². The Kier molecular flexibility index (Phi) is 6.04. The van der Waals surface area contributed by atoms with Crippen LogP contribution in [0.15, 0.2) is 78.9 Å². The monoisotopic (exact) mass is 427 g/mol. The average molecular weight is 427 g/mol. The predicted octanol–water partition coefficient (Wildman–Crippen LogP) is 4.68. The highest BCUT2D eigenvalue weighted by Crippen LogP contribution is 2.34. The van der Waals surface area contributed by atoms with Crippen LogP contribution in [0.5, 0.6) is 11.5 Å². The second-order valence-corrected chi connectivity index (χ2v) is 7.57. The standard InChI is InChI=1S/C25H21N3O4/c26-14-17-9-11-20(12-10-17)32-21-8-4-7-19(13-21)27-24(29)23-16-28(25(30)31)15-22(23)18-5-2-1-3-6-18/h1-13,22-23H,15-16H2,(H,27,29)(H,30,31)/t22-,23+/m1/s1. The quantitative estimate of drug-likeness (QED) is 0.615. The number of carboxylic acid groups (broad SMARTS) is 1. The topological polar surface area (TPSA) is 103 Å². The molecule has 32 heavy (non-hydrogen) atoms. The summed E-state index contributed by atoms with van der Waals surface area (Å²) in [6, 6.07) is 25.3. The van der Waals surface area contributed by atoms with Gasteiger partial charge in [0.25, 0.3) is 0 Å².